The van der Waals surface area contributed by atoms with Gasteiger partial charge < -0.3 is 5.32 Å². The number of rotatable bonds is 4. The highest BCUT2D eigenvalue weighted by molar-refractivity contribution is 7.16. The number of amides is 1. The van der Waals surface area contributed by atoms with Gasteiger partial charge >= 0.3 is 0 Å². The van der Waals surface area contributed by atoms with Gasteiger partial charge in [0.15, 0.2) is 0 Å². The zero-order valence-electron chi connectivity index (χ0n) is 14.3. The average molecular weight is 358 g/mol. The second-order valence-corrected chi connectivity index (χ2v) is 7.58. The van der Waals surface area contributed by atoms with Crippen molar-refractivity contribution in [3.05, 3.63) is 33.7 Å². The summed E-state index contributed by atoms with van der Waals surface area (Å²) in [6, 6.07) is 4.14. The fourth-order valence-corrected chi connectivity index (χ4v) is 4.61. The molecule has 3 aromatic heterocycles. The third-order valence-electron chi connectivity index (χ3n) is 4.94. The fraction of sp³-hybridized carbons (Fsp3) is 0.500. The van der Waals surface area contributed by atoms with E-state index in [1.807, 2.05) is 28.8 Å². The molecule has 1 aliphatic carbocycles. The van der Waals surface area contributed by atoms with Gasteiger partial charge in [-0.2, -0.15) is 5.10 Å². The number of hydrogen-bond donors (Lipinski definition) is 1. The largest absolute Gasteiger partial charge is 0.352 e. The van der Waals surface area contributed by atoms with Gasteiger partial charge in [-0.05, 0) is 30.4 Å². The van der Waals surface area contributed by atoms with Crippen molar-refractivity contribution in [2.24, 2.45) is 0 Å². The summed E-state index contributed by atoms with van der Waals surface area (Å²) in [6.07, 6.45) is 6.33. The van der Waals surface area contributed by atoms with E-state index >= 15 is 0 Å². The van der Waals surface area contributed by atoms with Gasteiger partial charge in [-0.15, -0.1) is 11.3 Å². The average Bonchev–Trinajstić information content (AvgIpc) is 3.20. The molecule has 7 heteroatoms. The Labute approximate surface area is 149 Å². The predicted octanol–water partition coefficient (Wildman–Crippen LogP) is 2.72. The molecule has 132 valence electrons. The normalized spacial score (nSPS) is 15.9. The fourth-order valence-electron chi connectivity index (χ4n) is 3.69. The summed E-state index contributed by atoms with van der Waals surface area (Å²) in [5, 5.41) is 10.6. The van der Waals surface area contributed by atoms with E-state index in [1.165, 1.54) is 11.1 Å². The molecule has 0 spiro atoms. The second-order valence-electron chi connectivity index (χ2n) is 6.68. The zero-order valence-corrected chi connectivity index (χ0v) is 15.1. The minimum Gasteiger partial charge on any atom is -0.352 e. The van der Waals surface area contributed by atoms with Crippen LogP contribution in [0.25, 0.3) is 15.7 Å². The van der Waals surface area contributed by atoms with Gasteiger partial charge in [0, 0.05) is 17.8 Å². The molecule has 0 saturated heterocycles. The topological polar surface area (TPSA) is 68.4 Å². The van der Waals surface area contributed by atoms with E-state index in [0.717, 1.165) is 41.7 Å². The maximum Gasteiger partial charge on any atom is 0.291 e. The van der Waals surface area contributed by atoms with Crippen molar-refractivity contribution in [1.29, 1.82) is 0 Å². The Kier molecular flexibility index (Phi) is 4.33. The van der Waals surface area contributed by atoms with E-state index in [4.69, 9.17) is 0 Å². The Morgan fingerprint density at radius 1 is 1.36 bits per heavy atom. The van der Waals surface area contributed by atoms with Crippen molar-refractivity contribution < 1.29 is 4.79 Å². The molecule has 0 bridgehead atoms. The molecule has 0 aliphatic heterocycles. The molecule has 1 saturated carbocycles. The summed E-state index contributed by atoms with van der Waals surface area (Å²) < 4.78 is 3.24. The lowest BCUT2D eigenvalue weighted by atomic mass is 9.95. The first-order chi connectivity index (χ1) is 12.2. The van der Waals surface area contributed by atoms with Crippen LogP contribution in [0.5, 0.6) is 0 Å². The highest BCUT2D eigenvalue weighted by Crippen LogP contribution is 2.24. The molecule has 3 aromatic rings. The second kappa shape index (κ2) is 6.63. The number of fused-ring (bicyclic) bond motifs is 3. The van der Waals surface area contributed by atoms with E-state index in [0.29, 0.717) is 11.9 Å². The Bertz CT molecular complexity index is 978. The smallest absolute Gasteiger partial charge is 0.291 e. The van der Waals surface area contributed by atoms with E-state index in [9.17, 15) is 9.59 Å². The summed E-state index contributed by atoms with van der Waals surface area (Å²) >= 11 is 1.60. The van der Waals surface area contributed by atoms with Crippen LogP contribution in [0, 0.1) is 0 Å². The van der Waals surface area contributed by atoms with Gasteiger partial charge in [-0.1, -0.05) is 26.2 Å². The molecule has 1 N–H and O–H groups in total. The van der Waals surface area contributed by atoms with Crippen LogP contribution in [0.15, 0.2) is 22.3 Å². The summed E-state index contributed by atoms with van der Waals surface area (Å²) in [7, 11) is 0. The monoisotopic (exact) mass is 358 g/mol. The SMILES string of the molecule is CCc1nn(CC(=O)NC2CCCCC2)c(=O)c2cc3ccsc3n12. The molecule has 1 aliphatic rings. The molecule has 0 aromatic carbocycles. The lowest BCUT2D eigenvalue weighted by molar-refractivity contribution is -0.122. The molecule has 4 rings (SSSR count). The van der Waals surface area contributed by atoms with Crippen molar-refractivity contribution in [3.63, 3.8) is 0 Å². The van der Waals surface area contributed by atoms with Crippen molar-refractivity contribution >= 4 is 33.0 Å². The summed E-state index contributed by atoms with van der Waals surface area (Å²) in [6.45, 7) is 2.00. The highest BCUT2D eigenvalue weighted by atomic mass is 32.1. The Morgan fingerprint density at radius 3 is 2.92 bits per heavy atom. The number of carbonyl (C=O) groups excluding carboxylic acids is 1. The van der Waals surface area contributed by atoms with Crippen molar-refractivity contribution in [2.75, 3.05) is 0 Å². The number of aryl methyl sites for hydroxylation is 1. The molecule has 0 atom stereocenters. The van der Waals surface area contributed by atoms with Gasteiger partial charge in [0.05, 0.1) is 0 Å². The van der Waals surface area contributed by atoms with Crippen LogP contribution in [0.3, 0.4) is 0 Å². The van der Waals surface area contributed by atoms with Crippen LogP contribution in [0.4, 0.5) is 0 Å². The first kappa shape index (κ1) is 16.3. The molecule has 1 amide bonds. The van der Waals surface area contributed by atoms with Gasteiger partial charge in [-0.25, -0.2) is 4.68 Å². The first-order valence-electron chi connectivity index (χ1n) is 8.95. The molecule has 0 unspecified atom stereocenters. The lowest BCUT2D eigenvalue weighted by Crippen LogP contribution is -2.41. The number of nitrogens with one attached hydrogen (secondary N) is 1. The Balaban J connectivity index is 1.66. The summed E-state index contributed by atoms with van der Waals surface area (Å²) in [5.74, 6) is 0.679. The Hall–Kier alpha value is -2.15. The molecular weight excluding hydrogens is 336 g/mol. The maximum absolute atomic E-state index is 12.8. The molecular formula is C18H22N4O2S. The van der Waals surface area contributed by atoms with E-state index in [2.05, 4.69) is 10.4 Å². The number of aromatic nitrogens is 3. The van der Waals surface area contributed by atoms with Crippen molar-refractivity contribution in [1.82, 2.24) is 19.5 Å². The lowest BCUT2D eigenvalue weighted by Gasteiger charge is -2.22. The molecule has 0 radical (unpaired) electrons. The van der Waals surface area contributed by atoms with E-state index in [-0.39, 0.29) is 24.1 Å². The molecule has 25 heavy (non-hydrogen) atoms. The maximum atomic E-state index is 12.8. The van der Waals surface area contributed by atoms with Crippen LogP contribution in [0.2, 0.25) is 0 Å². The van der Waals surface area contributed by atoms with Crippen LogP contribution in [-0.2, 0) is 17.8 Å². The van der Waals surface area contributed by atoms with Crippen LogP contribution in [-0.4, -0.2) is 26.1 Å². The number of hydrogen-bond acceptors (Lipinski definition) is 4. The number of thiophene rings is 1. The molecule has 1 fully saturated rings. The molecule has 3 heterocycles. The first-order valence-corrected chi connectivity index (χ1v) is 9.83. The standard InChI is InChI=1S/C18H22N4O2S/c1-2-15-20-21(11-16(23)19-13-6-4-3-5-7-13)17(24)14-10-12-8-9-25-18(12)22(14)15/h8-10,13H,2-7,11H2,1H3,(H,19,23). The van der Waals surface area contributed by atoms with Crippen molar-refractivity contribution in [2.45, 2.75) is 58.0 Å². The summed E-state index contributed by atoms with van der Waals surface area (Å²) in [5.41, 5.74) is 0.388. The van der Waals surface area contributed by atoms with E-state index < -0.39 is 0 Å². The van der Waals surface area contributed by atoms with Gasteiger partial charge in [0.2, 0.25) is 5.91 Å². The minimum absolute atomic E-state index is 0.0162. The van der Waals surface area contributed by atoms with Crippen LogP contribution < -0.4 is 10.9 Å². The zero-order chi connectivity index (χ0) is 17.4. The minimum atomic E-state index is -0.209. The summed E-state index contributed by atoms with van der Waals surface area (Å²) in [4.78, 5) is 26.2. The highest BCUT2D eigenvalue weighted by Gasteiger charge is 2.19. The van der Waals surface area contributed by atoms with Gasteiger partial charge in [-0.3, -0.25) is 14.0 Å². The number of carbonyl (C=O) groups is 1. The predicted molar refractivity (Wildman–Crippen MR) is 99.2 cm³/mol. The van der Waals surface area contributed by atoms with Crippen LogP contribution >= 0.6 is 11.3 Å². The van der Waals surface area contributed by atoms with Crippen molar-refractivity contribution in [3.8, 4) is 0 Å². The quantitative estimate of drug-likeness (QED) is 0.780. The van der Waals surface area contributed by atoms with Gasteiger partial charge in [0.25, 0.3) is 5.56 Å². The third-order valence-corrected chi connectivity index (χ3v) is 5.85. The Morgan fingerprint density at radius 2 is 2.16 bits per heavy atom. The van der Waals surface area contributed by atoms with Crippen LogP contribution in [0.1, 0.15) is 44.9 Å². The molecule has 6 nitrogen and oxygen atoms in total. The van der Waals surface area contributed by atoms with Gasteiger partial charge in [0.1, 0.15) is 22.7 Å². The van der Waals surface area contributed by atoms with E-state index in [1.54, 1.807) is 11.3 Å². The number of nitrogens with zero attached hydrogens (tertiary/aromatic N) is 3. The third kappa shape index (κ3) is 2.97.